The van der Waals surface area contributed by atoms with Gasteiger partial charge in [-0.2, -0.15) is 4.37 Å². The summed E-state index contributed by atoms with van der Waals surface area (Å²) in [4.78, 5) is 7.46. The fourth-order valence-corrected chi connectivity index (χ4v) is 8.06. The molecule has 206 valence electrons. The first kappa shape index (κ1) is 25.6. The van der Waals surface area contributed by atoms with Gasteiger partial charge < -0.3 is 4.90 Å². The Hall–Kier alpha value is -5.11. The quantitative estimate of drug-likeness (QED) is 0.203. The number of nitrogens with zero attached hydrogens (tertiary/aromatic N) is 3. The van der Waals surface area contributed by atoms with Gasteiger partial charge in [-0.1, -0.05) is 91.0 Å². The molecule has 5 nitrogen and oxygen atoms in total. The van der Waals surface area contributed by atoms with E-state index < -0.39 is 9.84 Å². The molecule has 6 aromatic carbocycles. The Morgan fingerprint density at radius 3 is 1.86 bits per heavy atom. The fraction of sp³-hybridized carbons (Fsp3) is 0. The van der Waals surface area contributed by atoms with Crippen LogP contribution in [0.15, 0.2) is 149 Å². The smallest absolute Gasteiger partial charge is 0.210 e. The number of sulfone groups is 1. The van der Waals surface area contributed by atoms with Crippen molar-refractivity contribution < 1.29 is 8.42 Å². The summed E-state index contributed by atoms with van der Waals surface area (Å²) in [5, 5.41) is 3.27. The van der Waals surface area contributed by atoms with Gasteiger partial charge in [-0.05, 0) is 82.0 Å². The highest BCUT2D eigenvalue weighted by Crippen LogP contribution is 2.48. The van der Waals surface area contributed by atoms with Gasteiger partial charge in [-0.15, -0.1) is 0 Å². The first-order chi connectivity index (χ1) is 21.1. The van der Waals surface area contributed by atoms with E-state index in [1.54, 1.807) is 24.3 Å². The van der Waals surface area contributed by atoms with Gasteiger partial charge in [-0.3, -0.25) is 0 Å². The molecule has 0 N–H and O–H groups in total. The summed E-state index contributed by atoms with van der Waals surface area (Å²) in [6, 6.07) is 45.5. The van der Waals surface area contributed by atoms with Crippen LogP contribution in [0.2, 0.25) is 0 Å². The Bertz CT molecular complexity index is 2200. The summed E-state index contributed by atoms with van der Waals surface area (Å²) in [5.41, 5.74) is 6.41. The lowest BCUT2D eigenvalue weighted by atomic mass is 9.97. The molecule has 0 saturated heterocycles. The first-order valence-electron chi connectivity index (χ1n) is 13.8. The van der Waals surface area contributed by atoms with Crippen molar-refractivity contribution in [1.82, 2.24) is 9.36 Å². The second kappa shape index (κ2) is 10.0. The Balaban J connectivity index is 1.10. The molecule has 0 radical (unpaired) electrons. The highest BCUT2D eigenvalue weighted by molar-refractivity contribution is 7.92. The van der Waals surface area contributed by atoms with Gasteiger partial charge >= 0.3 is 0 Å². The third kappa shape index (κ3) is 4.24. The second-order valence-electron chi connectivity index (χ2n) is 10.3. The number of anilines is 3. The molecular weight excluding hydrogens is 571 g/mol. The molecule has 43 heavy (non-hydrogen) atoms. The predicted molar refractivity (Wildman–Crippen MR) is 174 cm³/mol. The average Bonchev–Trinajstić information content (AvgIpc) is 3.56. The fourth-order valence-electron chi connectivity index (χ4n) is 5.75. The summed E-state index contributed by atoms with van der Waals surface area (Å²) in [7, 11) is -3.60. The molecule has 1 aliphatic rings. The molecule has 0 bridgehead atoms. The molecule has 0 unspecified atom stereocenters. The molecule has 0 atom stereocenters. The van der Waals surface area contributed by atoms with Crippen LogP contribution in [0.1, 0.15) is 0 Å². The van der Waals surface area contributed by atoms with Crippen LogP contribution in [-0.4, -0.2) is 17.8 Å². The molecule has 0 spiro atoms. The number of hydrogen-bond acceptors (Lipinski definition) is 6. The number of aromatic nitrogens is 2. The Labute approximate surface area is 253 Å². The molecular formula is C36H23N3O2S2. The summed E-state index contributed by atoms with van der Waals surface area (Å²) < 4.78 is 31.3. The van der Waals surface area contributed by atoms with Gasteiger partial charge in [0.2, 0.25) is 9.84 Å². The van der Waals surface area contributed by atoms with E-state index in [1.165, 1.54) is 27.9 Å². The van der Waals surface area contributed by atoms with E-state index >= 15 is 0 Å². The van der Waals surface area contributed by atoms with Gasteiger partial charge in [0.15, 0.2) is 5.82 Å². The van der Waals surface area contributed by atoms with Gasteiger partial charge in [0.1, 0.15) is 5.01 Å². The van der Waals surface area contributed by atoms with Crippen molar-refractivity contribution in [2.24, 2.45) is 0 Å². The van der Waals surface area contributed by atoms with Crippen LogP contribution in [0.25, 0.3) is 43.9 Å². The molecule has 8 rings (SSSR count). The van der Waals surface area contributed by atoms with Crippen molar-refractivity contribution in [3.8, 4) is 33.1 Å². The second-order valence-corrected chi connectivity index (χ2v) is 13.0. The topological polar surface area (TPSA) is 63.2 Å². The molecule has 1 aromatic heterocycles. The number of fused-ring (bicyclic) bond motifs is 3. The molecule has 7 heteroatoms. The summed E-state index contributed by atoms with van der Waals surface area (Å²) in [5.74, 6) is 0.692. The van der Waals surface area contributed by atoms with E-state index in [4.69, 9.17) is 4.98 Å². The average molecular weight is 594 g/mol. The van der Waals surface area contributed by atoms with Crippen LogP contribution in [0, 0.1) is 0 Å². The SMILES string of the molecule is O=S1(=O)c2ccccc2N(c2ccc(-c3nc(-c4ccc(-c5cccc6ccccc56)cc4)ns3)cc2)c2ccccc21. The summed E-state index contributed by atoms with van der Waals surface area (Å²) >= 11 is 1.36. The van der Waals surface area contributed by atoms with Crippen molar-refractivity contribution in [3.63, 3.8) is 0 Å². The maximum atomic E-state index is 13.3. The van der Waals surface area contributed by atoms with E-state index in [0.717, 1.165) is 27.4 Å². The van der Waals surface area contributed by atoms with Crippen LogP contribution in [-0.2, 0) is 9.84 Å². The molecule has 0 amide bonds. The highest BCUT2D eigenvalue weighted by atomic mass is 32.2. The lowest BCUT2D eigenvalue weighted by Crippen LogP contribution is -2.21. The lowest BCUT2D eigenvalue weighted by molar-refractivity contribution is 0.595. The van der Waals surface area contributed by atoms with Crippen LogP contribution in [0.4, 0.5) is 17.1 Å². The molecule has 0 fully saturated rings. The van der Waals surface area contributed by atoms with Crippen molar-refractivity contribution in [1.29, 1.82) is 0 Å². The third-order valence-corrected chi connectivity index (χ3v) is 10.4. The first-order valence-corrected chi connectivity index (χ1v) is 16.1. The minimum Gasteiger partial charge on any atom is -0.308 e. The maximum Gasteiger partial charge on any atom is 0.210 e. The van der Waals surface area contributed by atoms with Gasteiger partial charge in [0.25, 0.3) is 0 Å². The number of hydrogen-bond donors (Lipinski definition) is 0. The van der Waals surface area contributed by atoms with Crippen LogP contribution in [0.5, 0.6) is 0 Å². The Kier molecular flexibility index (Phi) is 5.96. The normalized spacial score (nSPS) is 13.4. The van der Waals surface area contributed by atoms with E-state index in [2.05, 4.69) is 71.1 Å². The molecule has 2 heterocycles. The third-order valence-electron chi connectivity index (χ3n) is 7.83. The number of rotatable bonds is 4. The Morgan fingerprint density at radius 2 is 1.14 bits per heavy atom. The van der Waals surface area contributed by atoms with E-state index in [0.29, 0.717) is 27.0 Å². The van der Waals surface area contributed by atoms with Crippen molar-refractivity contribution >= 4 is 49.2 Å². The van der Waals surface area contributed by atoms with Crippen molar-refractivity contribution in [2.45, 2.75) is 9.79 Å². The van der Waals surface area contributed by atoms with Crippen molar-refractivity contribution in [3.05, 3.63) is 140 Å². The minimum atomic E-state index is -3.60. The maximum absolute atomic E-state index is 13.3. The minimum absolute atomic E-state index is 0.304. The van der Waals surface area contributed by atoms with E-state index in [9.17, 15) is 8.42 Å². The van der Waals surface area contributed by atoms with E-state index in [-0.39, 0.29) is 0 Å². The molecule has 0 saturated carbocycles. The summed E-state index contributed by atoms with van der Waals surface area (Å²) in [6.45, 7) is 0. The molecule has 7 aromatic rings. The van der Waals surface area contributed by atoms with Crippen LogP contribution >= 0.6 is 11.5 Å². The summed E-state index contributed by atoms with van der Waals surface area (Å²) in [6.07, 6.45) is 0. The van der Waals surface area contributed by atoms with E-state index in [1.807, 2.05) is 53.4 Å². The standard InChI is InChI=1S/C36H23N3O2S2/c40-43(41)33-14-5-3-12-31(33)39(32-13-4-6-15-34(32)43)28-22-20-27(21-23-28)36-37-35(38-42-36)26-18-16-25(17-19-26)30-11-7-9-24-8-1-2-10-29(24)30/h1-23H. The van der Waals surface area contributed by atoms with Crippen LogP contribution < -0.4 is 4.90 Å². The zero-order valence-electron chi connectivity index (χ0n) is 22.8. The number of benzene rings is 6. The van der Waals surface area contributed by atoms with Gasteiger partial charge in [0, 0.05) is 16.8 Å². The highest BCUT2D eigenvalue weighted by Gasteiger charge is 2.34. The zero-order valence-corrected chi connectivity index (χ0v) is 24.4. The van der Waals surface area contributed by atoms with Crippen LogP contribution in [0.3, 0.4) is 0 Å². The molecule has 1 aliphatic heterocycles. The zero-order chi connectivity index (χ0) is 29.0. The van der Waals surface area contributed by atoms with Crippen molar-refractivity contribution in [2.75, 3.05) is 4.90 Å². The number of para-hydroxylation sites is 2. The van der Waals surface area contributed by atoms with Gasteiger partial charge in [-0.25, -0.2) is 13.4 Å². The molecule has 0 aliphatic carbocycles. The van der Waals surface area contributed by atoms with Gasteiger partial charge in [0.05, 0.1) is 21.2 Å². The Morgan fingerprint density at radius 1 is 0.558 bits per heavy atom. The predicted octanol–water partition coefficient (Wildman–Crippen LogP) is 9.31. The monoisotopic (exact) mass is 593 g/mol. The lowest BCUT2D eigenvalue weighted by Gasteiger charge is -2.32. The largest absolute Gasteiger partial charge is 0.308 e.